The van der Waals surface area contributed by atoms with Gasteiger partial charge in [0.15, 0.2) is 0 Å². The van der Waals surface area contributed by atoms with Crippen LogP contribution >= 0.6 is 38.9 Å². The normalized spacial score (nSPS) is 13.3. The second-order valence-electron chi connectivity index (χ2n) is 4.39. The van der Waals surface area contributed by atoms with Crippen LogP contribution in [0, 0.1) is 0 Å². The van der Waals surface area contributed by atoms with E-state index in [1.807, 2.05) is 30.3 Å². The standard InChI is InChI=1S/C13H14BrClN2O2S2/c14-13-10(15)8-12(20-13)21(18,19)17-7-6-11(16)9-4-2-1-3-5-9/h1-5,8,11,17H,6-7,16H2. The molecule has 4 nitrogen and oxygen atoms in total. The second-order valence-corrected chi connectivity index (χ2v) is 9.16. The van der Waals surface area contributed by atoms with Crippen molar-refractivity contribution in [1.82, 2.24) is 4.72 Å². The first kappa shape index (κ1) is 16.9. The molecule has 1 heterocycles. The monoisotopic (exact) mass is 408 g/mol. The van der Waals surface area contributed by atoms with E-state index >= 15 is 0 Å². The highest BCUT2D eigenvalue weighted by Crippen LogP contribution is 2.34. The van der Waals surface area contributed by atoms with Crippen LogP contribution in [-0.2, 0) is 10.0 Å². The molecule has 0 spiro atoms. The van der Waals surface area contributed by atoms with Crippen molar-refractivity contribution in [2.24, 2.45) is 5.73 Å². The molecule has 2 rings (SSSR count). The van der Waals surface area contributed by atoms with Gasteiger partial charge in [-0.2, -0.15) is 0 Å². The first-order chi connectivity index (χ1) is 9.90. The summed E-state index contributed by atoms with van der Waals surface area (Å²) >= 11 is 10.1. The van der Waals surface area contributed by atoms with Crippen molar-refractivity contribution in [1.29, 1.82) is 0 Å². The minimum absolute atomic E-state index is 0.188. The lowest BCUT2D eigenvalue weighted by Crippen LogP contribution is -2.26. The summed E-state index contributed by atoms with van der Waals surface area (Å²) in [5.74, 6) is 0. The Morgan fingerprint density at radius 2 is 2.00 bits per heavy atom. The van der Waals surface area contributed by atoms with Crippen LogP contribution in [0.1, 0.15) is 18.0 Å². The minimum atomic E-state index is -3.54. The number of hydrogen-bond acceptors (Lipinski definition) is 4. The lowest BCUT2D eigenvalue weighted by molar-refractivity contribution is 0.571. The molecule has 1 aromatic carbocycles. The van der Waals surface area contributed by atoms with Gasteiger partial charge in [-0.05, 0) is 34.0 Å². The molecule has 1 unspecified atom stereocenters. The molecule has 0 radical (unpaired) electrons. The zero-order valence-electron chi connectivity index (χ0n) is 10.9. The van der Waals surface area contributed by atoms with Gasteiger partial charge in [-0.1, -0.05) is 41.9 Å². The number of benzene rings is 1. The number of thiophene rings is 1. The molecule has 1 atom stereocenters. The highest BCUT2D eigenvalue weighted by molar-refractivity contribution is 9.11. The number of nitrogens with one attached hydrogen (secondary N) is 1. The van der Waals surface area contributed by atoms with E-state index in [1.54, 1.807) is 0 Å². The van der Waals surface area contributed by atoms with Crippen molar-refractivity contribution in [3.8, 4) is 0 Å². The summed E-state index contributed by atoms with van der Waals surface area (Å²) in [7, 11) is -3.54. The third kappa shape index (κ3) is 4.51. The average molecular weight is 410 g/mol. The van der Waals surface area contributed by atoms with Crippen LogP contribution < -0.4 is 10.5 Å². The van der Waals surface area contributed by atoms with Crippen LogP contribution in [-0.4, -0.2) is 15.0 Å². The molecule has 0 bridgehead atoms. The summed E-state index contributed by atoms with van der Waals surface area (Å²) in [4.78, 5) is 0. The van der Waals surface area contributed by atoms with Gasteiger partial charge in [0.2, 0.25) is 10.0 Å². The average Bonchev–Trinajstić information content (AvgIpc) is 2.80. The number of nitrogens with two attached hydrogens (primary N) is 1. The molecule has 114 valence electrons. The van der Waals surface area contributed by atoms with Gasteiger partial charge in [0, 0.05) is 12.6 Å². The fourth-order valence-corrected chi connectivity index (χ4v) is 5.24. The summed E-state index contributed by atoms with van der Waals surface area (Å²) < 4.78 is 27.5. The Labute approximate surface area is 141 Å². The van der Waals surface area contributed by atoms with Crippen molar-refractivity contribution in [3.05, 3.63) is 50.8 Å². The molecule has 0 saturated carbocycles. The van der Waals surface area contributed by atoms with Crippen molar-refractivity contribution < 1.29 is 8.42 Å². The molecule has 0 aliphatic carbocycles. The molecule has 0 aliphatic heterocycles. The maximum absolute atomic E-state index is 12.1. The van der Waals surface area contributed by atoms with Gasteiger partial charge in [-0.15, -0.1) is 11.3 Å². The molecular formula is C13H14BrClN2O2S2. The summed E-state index contributed by atoms with van der Waals surface area (Å²) in [5, 5.41) is 0.390. The molecule has 21 heavy (non-hydrogen) atoms. The quantitative estimate of drug-likeness (QED) is 0.766. The molecule has 8 heteroatoms. The van der Waals surface area contributed by atoms with Crippen LogP contribution in [0.4, 0.5) is 0 Å². The fraction of sp³-hybridized carbons (Fsp3) is 0.231. The van der Waals surface area contributed by atoms with Crippen LogP contribution in [0.2, 0.25) is 5.02 Å². The Kier molecular flexibility index (Phi) is 5.81. The molecule has 2 aromatic rings. The molecule has 0 aliphatic rings. The summed E-state index contributed by atoms with van der Waals surface area (Å²) in [6.45, 7) is 0.269. The third-order valence-corrected chi connectivity index (χ3v) is 7.27. The molecule has 0 amide bonds. The zero-order valence-corrected chi connectivity index (χ0v) is 14.9. The van der Waals surface area contributed by atoms with E-state index in [0.29, 0.717) is 15.2 Å². The van der Waals surface area contributed by atoms with E-state index in [4.69, 9.17) is 17.3 Å². The van der Waals surface area contributed by atoms with Crippen LogP contribution in [0.3, 0.4) is 0 Å². The minimum Gasteiger partial charge on any atom is -0.324 e. The first-order valence-corrected chi connectivity index (χ1v) is 9.62. The zero-order chi connectivity index (χ0) is 15.5. The fourth-order valence-electron chi connectivity index (χ4n) is 1.75. The second kappa shape index (κ2) is 7.21. The van der Waals surface area contributed by atoms with E-state index in [-0.39, 0.29) is 16.8 Å². The van der Waals surface area contributed by atoms with Gasteiger partial charge < -0.3 is 5.73 Å². The van der Waals surface area contributed by atoms with Gasteiger partial charge in [-0.3, -0.25) is 0 Å². The Morgan fingerprint density at radius 1 is 1.33 bits per heavy atom. The van der Waals surface area contributed by atoms with E-state index < -0.39 is 10.0 Å². The predicted octanol–water partition coefficient (Wildman–Crippen LogP) is 3.53. The maximum atomic E-state index is 12.1. The summed E-state index contributed by atoms with van der Waals surface area (Å²) in [6.07, 6.45) is 0.517. The predicted molar refractivity (Wildman–Crippen MR) is 90.2 cm³/mol. The molecule has 3 N–H and O–H groups in total. The van der Waals surface area contributed by atoms with Gasteiger partial charge in [0.25, 0.3) is 0 Å². The van der Waals surface area contributed by atoms with Gasteiger partial charge in [0.1, 0.15) is 4.21 Å². The topological polar surface area (TPSA) is 72.2 Å². The number of hydrogen-bond donors (Lipinski definition) is 2. The molecular weight excluding hydrogens is 396 g/mol. The van der Waals surface area contributed by atoms with E-state index in [2.05, 4.69) is 20.7 Å². The van der Waals surface area contributed by atoms with Gasteiger partial charge >= 0.3 is 0 Å². The van der Waals surface area contributed by atoms with E-state index in [0.717, 1.165) is 16.9 Å². The number of rotatable bonds is 6. The van der Waals surface area contributed by atoms with Gasteiger partial charge in [-0.25, -0.2) is 13.1 Å². The first-order valence-electron chi connectivity index (χ1n) is 6.15. The maximum Gasteiger partial charge on any atom is 0.250 e. The third-order valence-electron chi connectivity index (χ3n) is 2.86. The van der Waals surface area contributed by atoms with Crippen molar-refractivity contribution >= 4 is 48.9 Å². The molecule has 0 saturated heterocycles. The highest BCUT2D eigenvalue weighted by atomic mass is 79.9. The van der Waals surface area contributed by atoms with Crippen LogP contribution in [0.25, 0.3) is 0 Å². The lowest BCUT2D eigenvalue weighted by atomic mass is 10.1. The lowest BCUT2D eigenvalue weighted by Gasteiger charge is -2.12. The SMILES string of the molecule is NC(CCNS(=O)(=O)c1cc(Cl)c(Br)s1)c1ccccc1. The largest absolute Gasteiger partial charge is 0.324 e. The smallest absolute Gasteiger partial charge is 0.250 e. The Morgan fingerprint density at radius 3 is 2.57 bits per heavy atom. The molecule has 0 fully saturated rings. The summed E-state index contributed by atoms with van der Waals surface area (Å²) in [6, 6.07) is 10.8. The van der Waals surface area contributed by atoms with E-state index in [1.165, 1.54) is 6.07 Å². The Bertz CT molecular complexity index is 685. The summed E-state index contributed by atoms with van der Waals surface area (Å²) in [5.41, 5.74) is 7.02. The highest BCUT2D eigenvalue weighted by Gasteiger charge is 2.19. The molecule has 1 aromatic heterocycles. The van der Waals surface area contributed by atoms with Crippen molar-refractivity contribution in [3.63, 3.8) is 0 Å². The van der Waals surface area contributed by atoms with Crippen molar-refractivity contribution in [2.45, 2.75) is 16.7 Å². The number of halogens is 2. The Hall–Kier alpha value is -0.440. The Balaban J connectivity index is 1.93. The van der Waals surface area contributed by atoms with Crippen LogP contribution in [0.15, 0.2) is 44.4 Å². The van der Waals surface area contributed by atoms with Crippen LogP contribution in [0.5, 0.6) is 0 Å². The van der Waals surface area contributed by atoms with E-state index in [9.17, 15) is 8.42 Å². The number of sulfonamides is 1. The van der Waals surface area contributed by atoms with Gasteiger partial charge in [0.05, 0.1) is 8.81 Å². The van der Waals surface area contributed by atoms with Crippen molar-refractivity contribution in [2.75, 3.05) is 6.54 Å².